The Balaban J connectivity index is 2.63. The maximum Gasteiger partial charge on any atom is 0.203 e. The molecule has 0 saturated heterocycles. The second kappa shape index (κ2) is 3.60. The van der Waals surface area contributed by atoms with Crippen molar-refractivity contribution in [1.29, 1.82) is 0 Å². The van der Waals surface area contributed by atoms with Crippen molar-refractivity contribution >= 4 is 17.6 Å². The maximum absolute atomic E-state index is 2.22. The lowest BCUT2D eigenvalue weighted by molar-refractivity contribution is 1.54. The Bertz CT molecular complexity index is 28.7. The predicted molar refractivity (Wildman–Crippen MR) is 35.6 cm³/mol. The van der Waals surface area contributed by atoms with Crippen LogP contribution >= 0.6 is 11.6 Å². The standard InChI is InChI=1S/C4H11BS/c1-4-6-5(2)3/h4H2,1-3H3. The highest BCUT2D eigenvalue weighted by Crippen LogP contribution is 2.02. The van der Waals surface area contributed by atoms with Gasteiger partial charge in [-0.3, -0.25) is 0 Å². The Labute approximate surface area is 44.7 Å². The fourth-order valence-electron chi connectivity index (χ4n) is 0.333. The van der Waals surface area contributed by atoms with E-state index in [-0.39, 0.29) is 0 Å². The smallest absolute Gasteiger partial charge is 0.203 e. The summed E-state index contributed by atoms with van der Waals surface area (Å²) in [7, 11) is 0. The number of rotatable bonds is 2. The Hall–Kier alpha value is 0.415. The summed E-state index contributed by atoms with van der Waals surface area (Å²) in [6.07, 6.45) is 0. The Morgan fingerprint density at radius 2 is 2.00 bits per heavy atom. The summed E-state index contributed by atoms with van der Waals surface area (Å²) < 4.78 is 0. The van der Waals surface area contributed by atoms with Crippen LogP contribution < -0.4 is 0 Å². The minimum Gasteiger partial charge on any atom is -0.211 e. The third-order valence-corrected chi connectivity index (χ3v) is 1.50. The second-order valence-corrected chi connectivity index (χ2v) is 3.36. The van der Waals surface area contributed by atoms with Crippen LogP contribution in [0, 0.1) is 0 Å². The van der Waals surface area contributed by atoms with Crippen molar-refractivity contribution < 1.29 is 0 Å². The van der Waals surface area contributed by atoms with E-state index in [0.717, 1.165) is 5.99 Å². The molecule has 0 amide bonds. The molecule has 0 rings (SSSR count). The minimum atomic E-state index is 0.815. The van der Waals surface area contributed by atoms with Crippen molar-refractivity contribution in [2.45, 2.75) is 20.6 Å². The van der Waals surface area contributed by atoms with Crippen molar-refractivity contribution in [3.05, 3.63) is 0 Å². The van der Waals surface area contributed by atoms with Gasteiger partial charge in [0.05, 0.1) is 0 Å². The average Bonchev–Trinajstić information content (AvgIpc) is 1.35. The summed E-state index contributed by atoms with van der Waals surface area (Å²) in [6.45, 7) is 6.62. The van der Waals surface area contributed by atoms with Crippen molar-refractivity contribution in [3.63, 3.8) is 0 Å². The van der Waals surface area contributed by atoms with Gasteiger partial charge in [-0.05, 0) is 5.75 Å². The Morgan fingerprint density at radius 3 is 2.00 bits per heavy atom. The van der Waals surface area contributed by atoms with Crippen molar-refractivity contribution in [2.75, 3.05) is 5.75 Å². The molecule has 0 radical (unpaired) electrons. The number of hydrogen-bond donors (Lipinski definition) is 0. The first-order valence-corrected chi connectivity index (χ1v) is 3.43. The zero-order chi connectivity index (χ0) is 4.99. The third-order valence-electron chi connectivity index (χ3n) is 0.500. The molecule has 0 aliphatic heterocycles. The molecule has 36 valence electrons. The first-order chi connectivity index (χ1) is 2.77. The molecule has 0 unspecified atom stereocenters. The minimum absolute atomic E-state index is 0.815. The van der Waals surface area contributed by atoms with Gasteiger partial charge in [-0.2, -0.15) is 0 Å². The summed E-state index contributed by atoms with van der Waals surface area (Å²) in [6, 6.07) is 0. The van der Waals surface area contributed by atoms with Crippen LogP contribution in [0.15, 0.2) is 0 Å². The van der Waals surface area contributed by atoms with Gasteiger partial charge in [0.1, 0.15) is 0 Å². The Morgan fingerprint density at radius 1 is 1.50 bits per heavy atom. The maximum atomic E-state index is 2.22. The van der Waals surface area contributed by atoms with Gasteiger partial charge in [0.2, 0.25) is 5.99 Å². The van der Waals surface area contributed by atoms with Crippen molar-refractivity contribution in [3.8, 4) is 0 Å². The number of hydrogen-bond acceptors (Lipinski definition) is 1. The zero-order valence-corrected chi connectivity index (χ0v) is 5.51. The van der Waals surface area contributed by atoms with E-state index in [2.05, 4.69) is 20.6 Å². The molecule has 0 aliphatic carbocycles. The first kappa shape index (κ1) is 6.41. The van der Waals surface area contributed by atoms with Gasteiger partial charge in [-0.25, -0.2) is 11.6 Å². The van der Waals surface area contributed by atoms with Gasteiger partial charge in [-0.1, -0.05) is 20.6 Å². The van der Waals surface area contributed by atoms with Crippen LogP contribution in [0.3, 0.4) is 0 Å². The van der Waals surface area contributed by atoms with Gasteiger partial charge in [-0.15, -0.1) is 0 Å². The van der Waals surface area contributed by atoms with E-state index in [4.69, 9.17) is 0 Å². The molecule has 0 fully saturated rings. The largest absolute Gasteiger partial charge is 0.211 e. The topological polar surface area (TPSA) is 0 Å². The summed E-state index contributed by atoms with van der Waals surface area (Å²) in [5, 5.41) is 0. The molecule has 0 atom stereocenters. The van der Waals surface area contributed by atoms with E-state index < -0.39 is 0 Å². The first-order valence-electron chi connectivity index (χ1n) is 2.39. The van der Waals surface area contributed by atoms with E-state index in [1.165, 1.54) is 5.75 Å². The highest BCUT2D eigenvalue weighted by Gasteiger charge is 1.91. The van der Waals surface area contributed by atoms with Crippen LogP contribution in [0.4, 0.5) is 0 Å². The van der Waals surface area contributed by atoms with Gasteiger partial charge >= 0.3 is 0 Å². The molecule has 0 nitrogen and oxygen atoms in total. The van der Waals surface area contributed by atoms with Gasteiger partial charge in [0.25, 0.3) is 0 Å². The molecule has 0 N–H and O–H groups in total. The lowest BCUT2D eigenvalue weighted by atomic mass is 9.84. The fourth-order valence-corrected chi connectivity index (χ4v) is 1.00. The zero-order valence-electron chi connectivity index (χ0n) is 4.69. The Kier molecular flexibility index (Phi) is 3.85. The van der Waals surface area contributed by atoms with Gasteiger partial charge in [0, 0.05) is 0 Å². The van der Waals surface area contributed by atoms with E-state index >= 15 is 0 Å². The van der Waals surface area contributed by atoms with Crippen LogP contribution in [-0.2, 0) is 0 Å². The summed E-state index contributed by atoms with van der Waals surface area (Å²) >= 11 is 1.99. The quantitative estimate of drug-likeness (QED) is 0.480. The summed E-state index contributed by atoms with van der Waals surface area (Å²) in [5.74, 6) is 2.06. The predicted octanol–water partition coefficient (Wildman–Crippen LogP) is 1.99. The monoisotopic (exact) mass is 102 g/mol. The van der Waals surface area contributed by atoms with Gasteiger partial charge in [0.15, 0.2) is 0 Å². The lowest BCUT2D eigenvalue weighted by Gasteiger charge is -1.92. The molecule has 0 aliphatic rings. The second-order valence-electron chi connectivity index (χ2n) is 1.50. The molecule has 0 heterocycles. The average molecular weight is 102 g/mol. The molecule has 0 aromatic heterocycles. The lowest BCUT2D eigenvalue weighted by Crippen LogP contribution is -1.90. The molecule has 6 heavy (non-hydrogen) atoms. The SMILES string of the molecule is CCSB(C)C. The van der Waals surface area contributed by atoms with Gasteiger partial charge < -0.3 is 0 Å². The normalized spacial score (nSPS) is 8.50. The highest BCUT2D eigenvalue weighted by atomic mass is 32.2. The van der Waals surface area contributed by atoms with E-state index in [9.17, 15) is 0 Å². The van der Waals surface area contributed by atoms with Crippen LogP contribution in [-0.4, -0.2) is 11.7 Å². The summed E-state index contributed by atoms with van der Waals surface area (Å²) in [4.78, 5) is 0. The molecule has 0 bridgehead atoms. The van der Waals surface area contributed by atoms with Crippen LogP contribution in [0.1, 0.15) is 6.92 Å². The van der Waals surface area contributed by atoms with Crippen molar-refractivity contribution in [2.24, 2.45) is 0 Å². The highest BCUT2D eigenvalue weighted by molar-refractivity contribution is 8.25. The van der Waals surface area contributed by atoms with Crippen LogP contribution in [0.25, 0.3) is 0 Å². The van der Waals surface area contributed by atoms with Crippen LogP contribution in [0.2, 0.25) is 13.6 Å². The molecule has 0 aromatic rings. The van der Waals surface area contributed by atoms with E-state index in [1.54, 1.807) is 0 Å². The van der Waals surface area contributed by atoms with E-state index in [1.807, 2.05) is 11.6 Å². The summed E-state index contributed by atoms with van der Waals surface area (Å²) in [5.41, 5.74) is 0. The molecule has 0 spiro atoms. The molecular formula is C4H11BS. The molecular weight excluding hydrogens is 90.9 g/mol. The third kappa shape index (κ3) is 4.41. The fraction of sp³-hybridized carbons (Fsp3) is 1.00. The molecule has 0 aromatic carbocycles. The van der Waals surface area contributed by atoms with Crippen molar-refractivity contribution in [1.82, 2.24) is 0 Å². The molecule has 0 saturated carbocycles. The van der Waals surface area contributed by atoms with Crippen LogP contribution in [0.5, 0.6) is 0 Å². The molecule has 2 heteroatoms. The van der Waals surface area contributed by atoms with E-state index in [0.29, 0.717) is 0 Å².